The van der Waals surface area contributed by atoms with E-state index in [1.807, 2.05) is 30.3 Å². The van der Waals surface area contributed by atoms with Crippen LogP contribution in [0.5, 0.6) is 0 Å². The standard InChI is InChI=1S/C13H17NO4/c1-17-13(16)11(14)7-8-12(15)18-9-10-5-3-2-4-6-10/h2-6,11H,7-9,14H2,1H3/t11-/m1/s1. The van der Waals surface area contributed by atoms with Crippen molar-refractivity contribution in [1.82, 2.24) is 0 Å². The van der Waals surface area contributed by atoms with Crippen LogP contribution in [-0.4, -0.2) is 25.1 Å². The molecule has 0 aliphatic carbocycles. The Morgan fingerprint density at radius 2 is 1.94 bits per heavy atom. The smallest absolute Gasteiger partial charge is 0.322 e. The number of hydrogen-bond donors (Lipinski definition) is 1. The van der Waals surface area contributed by atoms with Crippen LogP contribution in [0.4, 0.5) is 0 Å². The minimum atomic E-state index is -0.778. The van der Waals surface area contributed by atoms with Gasteiger partial charge in [0.05, 0.1) is 7.11 Å². The number of carbonyl (C=O) groups is 2. The lowest BCUT2D eigenvalue weighted by atomic mass is 10.2. The lowest BCUT2D eigenvalue weighted by Gasteiger charge is -2.09. The zero-order chi connectivity index (χ0) is 13.4. The Bertz CT molecular complexity index is 391. The lowest BCUT2D eigenvalue weighted by molar-refractivity contribution is -0.146. The maximum absolute atomic E-state index is 11.4. The van der Waals surface area contributed by atoms with Gasteiger partial charge >= 0.3 is 11.9 Å². The zero-order valence-corrected chi connectivity index (χ0v) is 10.3. The van der Waals surface area contributed by atoms with Crippen LogP contribution in [0.2, 0.25) is 0 Å². The average molecular weight is 251 g/mol. The van der Waals surface area contributed by atoms with Crippen LogP contribution in [-0.2, 0) is 25.7 Å². The molecule has 0 heterocycles. The number of nitrogens with two attached hydrogens (primary N) is 1. The van der Waals surface area contributed by atoms with E-state index in [1.165, 1.54) is 7.11 Å². The lowest BCUT2D eigenvalue weighted by Crippen LogP contribution is -2.32. The van der Waals surface area contributed by atoms with Gasteiger partial charge in [0.15, 0.2) is 0 Å². The van der Waals surface area contributed by atoms with E-state index in [0.717, 1.165) is 5.56 Å². The Morgan fingerprint density at radius 3 is 2.56 bits per heavy atom. The highest BCUT2D eigenvalue weighted by Crippen LogP contribution is 2.04. The van der Waals surface area contributed by atoms with E-state index >= 15 is 0 Å². The zero-order valence-electron chi connectivity index (χ0n) is 10.3. The van der Waals surface area contributed by atoms with Crippen molar-refractivity contribution in [3.05, 3.63) is 35.9 Å². The van der Waals surface area contributed by atoms with E-state index in [4.69, 9.17) is 10.5 Å². The van der Waals surface area contributed by atoms with Crippen LogP contribution in [0, 0.1) is 0 Å². The van der Waals surface area contributed by atoms with Gasteiger partial charge < -0.3 is 15.2 Å². The Labute approximate surface area is 106 Å². The maximum Gasteiger partial charge on any atom is 0.322 e. The molecule has 0 aliphatic rings. The summed E-state index contributed by atoms with van der Waals surface area (Å²) < 4.78 is 9.50. The quantitative estimate of drug-likeness (QED) is 0.763. The highest BCUT2D eigenvalue weighted by molar-refractivity contribution is 5.76. The first-order valence-corrected chi connectivity index (χ1v) is 5.66. The van der Waals surface area contributed by atoms with Gasteiger partial charge in [0.2, 0.25) is 0 Å². The summed E-state index contributed by atoms with van der Waals surface area (Å²) in [6.07, 6.45) is 0.323. The molecule has 0 fully saturated rings. The van der Waals surface area contributed by atoms with Crippen LogP contribution in [0.15, 0.2) is 30.3 Å². The van der Waals surface area contributed by atoms with Crippen LogP contribution < -0.4 is 5.73 Å². The molecule has 98 valence electrons. The highest BCUT2D eigenvalue weighted by Gasteiger charge is 2.15. The van der Waals surface area contributed by atoms with Crippen molar-refractivity contribution in [2.75, 3.05) is 7.11 Å². The van der Waals surface area contributed by atoms with E-state index in [1.54, 1.807) is 0 Å². The van der Waals surface area contributed by atoms with Gasteiger partial charge in [-0.25, -0.2) is 0 Å². The molecule has 0 radical (unpaired) electrons. The summed E-state index contributed by atoms with van der Waals surface area (Å²) in [5.74, 6) is -0.899. The van der Waals surface area contributed by atoms with Crippen molar-refractivity contribution >= 4 is 11.9 Å². The molecule has 1 aromatic rings. The molecule has 0 aliphatic heterocycles. The largest absolute Gasteiger partial charge is 0.468 e. The van der Waals surface area contributed by atoms with E-state index in [-0.39, 0.29) is 25.4 Å². The molecule has 5 heteroatoms. The first kappa shape index (κ1) is 14.2. The maximum atomic E-state index is 11.4. The molecule has 0 bridgehead atoms. The molecule has 0 saturated heterocycles. The predicted molar refractivity (Wildman–Crippen MR) is 65.5 cm³/mol. The number of ether oxygens (including phenoxy) is 2. The topological polar surface area (TPSA) is 78.6 Å². The number of rotatable bonds is 6. The van der Waals surface area contributed by atoms with Crippen LogP contribution in [0.1, 0.15) is 18.4 Å². The molecule has 5 nitrogen and oxygen atoms in total. The molecule has 0 saturated carbocycles. The van der Waals surface area contributed by atoms with Crippen LogP contribution in [0.3, 0.4) is 0 Å². The molecular formula is C13H17NO4. The monoisotopic (exact) mass is 251 g/mol. The molecule has 0 spiro atoms. The third-order valence-electron chi connectivity index (χ3n) is 2.41. The van der Waals surface area contributed by atoms with E-state index in [9.17, 15) is 9.59 Å². The van der Waals surface area contributed by atoms with Crippen LogP contribution >= 0.6 is 0 Å². The number of hydrogen-bond acceptors (Lipinski definition) is 5. The van der Waals surface area contributed by atoms with Crippen molar-refractivity contribution in [1.29, 1.82) is 0 Å². The van der Waals surface area contributed by atoms with Gasteiger partial charge in [0, 0.05) is 6.42 Å². The van der Waals surface area contributed by atoms with Gasteiger partial charge in [0.25, 0.3) is 0 Å². The molecule has 18 heavy (non-hydrogen) atoms. The van der Waals surface area contributed by atoms with Gasteiger partial charge in [-0.05, 0) is 12.0 Å². The Balaban J connectivity index is 2.24. The number of carbonyl (C=O) groups excluding carboxylic acids is 2. The van der Waals surface area contributed by atoms with E-state index < -0.39 is 12.0 Å². The summed E-state index contributed by atoms with van der Waals surface area (Å²) in [6.45, 7) is 0.229. The molecule has 1 atom stereocenters. The number of esters is 2. The predicted octanol–water partition coefficient (Wildman–Crippen LogP) is 1.01. The second kappa shape index (κ2) is 7.45. The molecule has 0 amide bonds. The Hall–Kier alpha value is -1.88. The minimum absolute atomic E-state index is 0.100. The van der Waals surface area contributed by atoms with Crippen molar-refractivity contribution in [3.8, 4) is 0 Å². The molecule has 2 N–H and O–H groups in total. The van der Waals surface area contributed by atoms with Gasteiger partial charge in [-0.3, -0.25) is 9.59 Å². The van der Waals surface area contributed by atoms with Crippen molar-refractivity contribution in [3.63, 3.8) is 0 Å². The van der Waals surface area contributed by atoms with Crippen molar-refractivity contribution < 1.29 is 19.1 Å². The van der Waals surface area contributed by atoms with Crippen LogP contribution in [0.25, 0.3) is 0 Å². The van der Waals surface area contributed by atoms with Gasteiger partial charge in [0.1, 0.15) is 12.6 Å². The van der Waals surface area contributed by atoms with E-state index in [0.29, 0.717) is 0 Å². The van der Waals surface area contributed by atoms with Gasteiger partial charge in [-0.2, -0.15) is 0 Å². The number of benzene rings is 1. The fourth-order valence-electron chi connectivity index (χ4n) is 1.35. The second-order valence-corrected chi connectivity index (χ2v) is 3.81. The average Bonchev–Trinajstić information content (AvgIpc) is 2.42. The summed E-state index contributed by atoms with van der Waals surface area (Å²) >= 11 is 0. The summed E-state index contributed by atoms with van der Waals surface area (Å²) in [5.41, 5.74) is 6.42. The minimum Gasteiger partial charge on any atom is -0.468 e. The third-order valence-corrected chi connectivity index (χ3v) is 2.41. The molecule has 1 aromatic carbocycles. The molecule has 0 unspecified atom stereocenters. The summed E-state index contributed by atoms with van der Waals surface area (Å²) in [6, 6.07) is 8.59. The van der Waals surface area contributed by atoms with Gasteiger partial charge in [-0.15, -0.1) is 0 Å². The number of methoxy groups -OCH3 is 1. The fraction of sp³-hybridized carbons (Fsp3) is 0.385. The Kier molecular flexibility index (Phi) is 5.87. The first-order valence-electron chi connectivity index (χ1n) is 5.66. The summed E-state index contributed by atoms with van der Waals surface area (Å²) in [5, 5.41) is 0. The van der Waals surface area contributed by atoms with E-state index in [2.05, 4.69) is 4.74 Å². The Morgan fingerprint density at radius 1 is 1.28 bits per heavy atom. The van der Waals surface area contributed by atoms with Gasteiger partial charge in [-0.1, -0.05) is 30.3 Å². The molecule has 0 aromatic heterocycles. The summed E-state index contributed by atoms with van der Waals surface area (Å²) in [7, 11) is 1.26. The second-order valence-electron chi connectivity index (χ2n) is 3.81. The molecule has 1 rings (SSSR count). The van der Waals surface area contributed by atoms with Crippen molar-refractivity contribution in [2.45, 2.75) is 25.5 Å². The first-order chi connectivity index (χ1) is 8.63. The normalized spacial score (nSPS) is 11.7. The third kappa shape index (κ3) is 4.97. The highest BCUT2D eigenvalue weighted by atomic mass is 16.5. The molecular weight excluding hydrogens is 234 g/mol. The fourth-order valence-corrected chi connectivity index (χ4v) is 1.35. The van der Waals surface area contributed by atoms with Crippen molar-refractivity contribution in [2.24, 2.45) is 5.73 Å². The summed E-state index contributed by atoms with van der Waals surface area (Å²) in [4.78, 5) is 22.4. The SMILES string of the molecule is COC(=O)[C@H](N)CCC(=O)OCc1ccccc1.